The molecule has 7 nitrogen and oxygen atoms in total. The number of aromatic nitrogens is 1. The van der Waals surface area contributed by atoms with E-state index in [-0.39, 0.29) is 24.6 Å². The van der Waals surface area contributed by atoms with Gasteiger partial charge in [0.15, 0.2) is 16.3 Å². The van der Waals surface area contributed by atoms with E-state index in [2.05, 4.69) is 4.99 Å². The first kappa shape index (κ1) is 26.6. The van der Waals surface area contributed by atoms with Crippen molar-refractivity contribution >= 4 is 34.7 Å². The second-order valence-corrected chi connectivity index (χ2v) is 10.6. The average Bonchev–Trinajstić information content (AvgIpc) is 3.56. The molecule has 1 aliphatic rings. The van der Waals surface area contributed by atoms with Crippen LogP contribution in [-0.2, 0) is 16.1 Å². The lowest BCUT2D eigenvalue weighted by Gasteiger charge is -2.23. The third-order valence-electron chi connectivity index (χ3n) is 6.12. The van der Waals surface area contributed by atoms with E-state index in [0.717, 1.165) is 16.0 Å². The molecule has 0 N–H and O–H groups in total. The van der Waals surface area contributed by atoms with E-state index in [1.54, 1.807) is 55.9 Å². The fourth-order valence-electron chi connectivity index (χ4n) is 4.29. The summed E-state index contributed by atoms with van der Waals surface area (Å²) in [5.41, 5.74) is 2.20. The zero-order chi connectivity index (χ0) is 27.5. The van der Waals surface area contributed by atoms with Crippen molar-refractivity contribution in [3.8, 4) is 11.5 Å². The first-order valence-electron chi connectivity index (χ1n) is 12.2. The van der Waals surface area contributed by atoms with Crippen molar-refractivity contribution in [2.75, 3.05) is 13.7 Å². The summed E-state index contributed by atoms with van der Waals surface area (Å²) in [5.74, 6) is 0.232. The van der Waals surface area contributed by atoms with E-state index in [1.165, 1.54) is 34.8 Å². The number of fused-ring (bicyclic) bond motifs is 1. The molecule has 1 aliphatic heterocycles. The molecule has 0 aliphatic carbocycles. The van der Waals surface area contributed by atoms with Gasteiger partial charge in [0.2, 0.25) is 0 Å². The molecular formula is C29H25FN2O5S2. The van der Waals surface area contributed by atoms with Crippen LogP contribution in [-0.4, -0.2) is 24.3 Å². The number of halogens is 1. The van der Waals surface area contributed by atoms with Crippen LogP contribution in [0, 0.1) is 5.82 Å². The Morgan fingerprint density at radius 3 is 2.64 bits per heavy atom. The molecule has 2 aromatic heterocycles. The molecule has 1 atom stereocenters. The van der Waals surface area contributed by atoms with Gasteiger partial charge < -0.3 is 14.2 Å². The number of carbonyl (C=O) groups excluding carboxylic acids is 1. The van der Waals surface area contributed by atoms with Gasteiger partial charge in [-0.1, -0.05) is 35.6 Å². The van der Waals surface area contributed by atoms with Crippen LogP contribution in [0.15, 0.2) is 81.0 Å². The third kappa shape index (κ3) is 5.43. The largest absolute Gasteiger partial charge is 0.493 e. The Bertz CT molecular complexity index is 1720. The standard InChI is InChI=1S/C29H25FN2O5S2/c1-4-36-28(34)25-17(2)31-29-32(26(25)23-6-5-13-38-23)27(33)24(39-29)15-19-9-12-21(22(14-19)35-3)37-16-18-7-10-20(30)11-8-18/h5-15,26H,4,16H2,1-3H3/b24-15-/t26-/m0/s1. The monoisotopic (exact) mass is 564 g/mol. The lowest BCUT2D eigenvalue weighted by molar-refractivity contribution is -0.139. The number of thiophene rings is 1. The van der Waals surface area contributed by atoms with Gasteiger partial charge in [-0.2, -0.15) is 0 Å². The van der Waals surface area contributed by atoms with Crippen molar-refractivity contribution in [2.45, 2.75) is 26.5 Å². The van der Waals surface area contributed by atoms with Gasteiger partial charge in [0.05, 0.1) is 29.5 Å². The van der Waals surface area contributed by atoms with Crippen LogP contribution in [0.5, 0.6) is 11.5 Å². The fraction of sp³-hybridized carbons (Fsp3) is 0.207. The van der Waals surface area contributed by atoms with Gasteiger partial charge in [0, 0.05) is 4.88 Å². The van der Waals surface area contributed by atoms with Crippen molar-refractivity contribution in [2.24, 2.45) is 4.99 Å². The molecule has 0 saturated heterocycles. The van der Waals surface area contributed by atoms with Crippen molar-refractivity contribution in [3.05, 3.63) is 113 Å². The number of nitrogens with zero attached hydrogens (tertiary/aromatic N) is 2. The Labute approximate surface area is 231 Å². The summed E-state index contributed by atoms with van der Waals surface area (Å²) in [7, 11) is 1.54. The number of hydrogen-bond acceptors (Lipinski definition) is 8. The van der Waals surface area contributed by atoms with Gasteiger partial charge in [-0.25, -0.2) is 14.2 Å². The minimum atomic E-state index is -0.612. The van der Waals surface area contributed by atoms with E-state index in [4.69, 9.17) is 14.2 Å². The maximum Gasteiger partial charge on any atom is 0.338 e. The molecule has 0 saturated carbocycles. The summed E-state index contributed by atoms with van der Waals surface area (Å²) in [6, 6.07) is 14.6. The Morgan fingerprint density at radius 2 is 1.95 bits per heavy atom. The zero-order valence-corrected chi connectivity index (χ0v) is 23.1. The van der Waals surface area contributed by atoms with E-state index in [1.807, 2.05) is 23.6 Å². The number of allylic oxidation sites excluding steroid dienone is 1. The zero-order valence-electron chi connectivity index (χ0n) is 21.5. The molecular weight excluding hydrogens is 539 g/mol. The Balaban J connectivity index is 1.51. The molecule has 0 spiro atoms. The molecule has 4 aromatic rings. The van der Waals surface area contributed by atoms with Gasteiger partial charge in [0.1, 0.15) is 18.5 Å². The number of ether oxygens (including phenoxy) is 3. The molecule has 10 heteroatoms. The van der Waals surface area contributed by atoms with Crippen molar-refractivity contribution in [1.29, 1.82) is 0 Å². The Kier molecular flexibility index (Phi) is 7.76. The highest BCUT2D eigenvalue weighted by atomic mass is 32.1. The molecule has 0 fully saturated rings. The molecule has 39 heavy (non-hydrogen) atoms. The predicted octanol–water partition coefficient (Wildman–Crippen LogP) is 4.59. The SMILES string of the molecule is CCOC(=O)C1=C(C)N=c2s/c(=C\c3ccc(OCc4ccc(F)cc4)c(OC)c3)c(=O)n2[C@H]1c1cccs1. The number of hydrogen-bond donors (Lipinski definition) is 0. The molecule has 0 bridgehead atoms. The van der Waals surface area contributed by atoms with Crippen molar-refractivity contribution in [1.82, 2.24) is 4.57 Å². The van der Waals surface area contributed by atoms with Gasteiger partial charge in [-0.3, -0.25) is 9.36 Å². The highest BCUT2D eigenvalue weighted by Crippen LogP contribution is 2.33. The number of benzene rings is 2. The normalized spacial score (nSPS) is 15.1. The maximum atomic E-state index is 13.7. The number of rotatable bonds is 8. The summed E-state index contributed by atoms with van der Waals surface area (Å²) in [6.07, 6.45) is 1.77. The quantitative estimate of drug-likeness (QED) is 0.293. The minimum absolute atomic E-state index is 0.225. The van der Waals surface area contributed by atoms with Gasteiger partial charge in [0.25, 0.3) is 5.56 Å². The van der Waals surface area contributed by atoms with E-state index >= 15 is 0 Å². The molecule has 5 rings (SSSR count). The average molecular weight is 565 g/mol. The van der Waals surface area contributed by atoms with Crippen LogP contribution >= 0.6 is 22.7 Å². The fourth-order valence-corrected chi connectivity index (χ4v) is 6.16. The van der Waals surface area contributed by atoms with E-state index < -0.39 is 12.0 Å². The summed E-state index contributed by atoms with van der Waals surface area (Å²) in [5, 5.41) is 1.91. The molecule has 0 radical (unpaired) electrons. The first-order chi connectivity index (χ1) is 18.9. The lowest BCUT2D eigenvalue weighted by atomic mass is 10.0. The van der Waals surface area contributed by atoms with Crippen LogP contribution < -0.4 is 24.4 Å². The predicted molar refractivity (Wildman–Crippen MR) is 148 cm³/mol. The molecule has 0 unspecified atom stereocenters. The number of esters is 1. The summed E-state index contributed by atoms with van der Waals surface area (Å²) >= 11 is 2.73. The topological polar surface area (TPSA) is 79.1 Å². The first-order valence-corrected chi connectivity index (χ1v) is 13.9. The summed E-state index contributed by atoms with van der Waals surface area (Å²) in [6.45, 7) is 3.98. The van der Waals surface area contributed by atoms with Crippen LogP contribution in [0.1, 0.15) is 35.9 Å². The smallest absolute Gasteiger partial charge is 0.338 e. The van der Waals surface area contributed by atoms with Crippen LogP contribution in [0.4, 0.5) is 4.39 Å². The number of thiazole rings is 1. The molecule has 2 aromatic carbocycles. The van der Waals surface area contributed by atoms with Crippen LogP contribution in [0.3, 0.4) is 0 Å². The highest BCUT2D eigenvalue weighted by Gasteiger charge is 2.33. The van der Waals surface area contributed by atoms with Gasteiger partial charge >= 0.3 is 5.97 Å². The Hall–Kier alpha value is -4.02. The minimum Gasteiger partial charge on any atom is -0.493 e. The maximum absolute atomic E-state index is 13.7. The van der Waals surface area contributed by atoms with E-state index in [9.17, 15) is 14.0 Å². The summed E-state index contributed by atoms with van der Waals surface area (Å²) in [4.78, 5) is 32.6. The second-order valence-electron chi connectivity index (χ2n) is 8.64. The number of carbonyl (C=O) groups is 1. The van der Waals surface area contributed by atoms with Crippen LogP contribution in [0.25, 0.3) is 6.08 Å². The Morgan fingerprint density at radius 1 is 1.15 bits per heavy atom. The highest BCUT2D eigenvalue weighted by molar-refractivity contribution is 7.10. The van der Waals surface area contributed by atoms with Gasteiger partial charge in [-0.15, -0.1) is 11.3 Å². The third-order valence-corrected chi connectivity index (χ3v) is 8.03. The van der Waals surface area contributed by atoms with Crippen LogP contribution in [0.2, 0.25) is 0 Å². The lowest BCUT2D eigenvalue weighted by Crippen LogP contribution is -2.39. The number of methoxy groups -OCH3 is 1. The van der Waals surface area contributed by atoms with Crippen molar-refractivity contribution in [3.63, 3.8) is 0 Å². The van der Waals surface area contributed by atoms with E-state index in [0.29, 0.717) is 32.1 Å². The summed E-state index contributed by atoms with van der Waals surface area (Å²) < 4.78 is 31.9. The second kappa shape index (κ2) is 11.4. The molecule has 200 valence electrons. The van der Waals surface area contributed by atoms with Crippen molar-refractivity contribution < 1.29 is 23.4 Å². The molecule has 3 heterocycles. The molecule has 0 amide bonds. The van der Waals surface area contributed by atoms with Gasteiger partial charge in [-0.05, 0) is 66.8 Å².